The summed E-state index contributed by atoms with van der Waals surface area (Å²) in [4.78, 5) is 18.9. The predicted octanol–water partition coefficient (Wildman–Crippen LogP) is 0.882. The summed E-state index contributed by atoms with van der Waals surface area (Å²) < 4.78 is 5.39. The van der Waals surface area contributed by atoms with E-state index >= 15 is 0 Å². The number of guanidine groups is 1. The van der Waals surface area contributed by atoms with Gasteiger partial charge in [0.2, 0.25) is 5.91 Å². The molecule has 1 aromatic carbocycles. The molecule has 27 heavy (non-hydrogen) atoms. The SMILES string of the molecule is C#Cc1cccc(NC(=O)CN=C(NCC)NCC(C)N2CCOCC2)c1. The topological polar surface area (TPSA) is 78.0 Å². The third kappa shape index (κ3) is 7.29. The number of terminal acetylenes is 1. The summed E-state index contributed by atoms with van der Waals surface area (Å²) in [6, 6.07) is 7.55. The van der Waals surface area contributed by atoms with Crippen LogP contribution >= 0.6 is 0 Å². The summed E-state index contributed by atoms with van der Waals surface area (Å²) in [7, 11) is 0. The number of ether oxygens (including phenoxy) is 1. The average molecular weight is 371 g/mol. The van der Waals surface area contributed by atoms with Gasteiger partial charge in [-0.3, -0.25) is 9.69 Å². The van der Waals surface area contributed by atoms with Gasteiger partial charge in [0.1, 0.15) is 6.54 Å². The van der Waals surface area contributed by atoms with Crippen LogP contribution in [0.25, 0.3) is 0 Å². The highest BCUT2D eigenvalue weighted by atomic mass is 16.5. The number of nitrogens with zero attached hydrogens (tertiary/aromatic N) is 2. The van der Waals surface area contributed by atoms with Gasteiger partial charge >= 0.3 is 0 Å². The molecule has 3 N–H and O–H groups in total. The van der Waals surface area contributed by atoms with Crippen LogP contribution in [0.4, 0.5) is 5.69 Å². The van der Waals surface area contributed by atoms with Gasteiger partial charge in [-0.25, -0.2) is 4.99 Å². The molecular formula is C20H29N5O2. The maximum absolute atomic E-state index is 12.2. The summed E-state index contributed by atoms with van der Waals surface area (Å²) in [5.41, 5.74) is 1.40. The fourth-order valence-corrected chi connectivity index (χ4v) is 2.77. The van der Waals surface area contributed by atoms with E-state index in [2.05, 4.69) is 38.7 Å². The van der Waals surface area contributed by atoms with Crippen LogP contribution in [0.5, 0.6) is 0 Å². The fraction of sp³-hybridized carbons (Fsp3) is 0.500. The zero-order chi connectivity index (χ0) is 19.5. The molecule has 2 rings (SSSR count). The summed E-state index contributed by atoms with van der Waals surface area (Å²) in [6.45, 7) is 9.11. The number of aliphatic imine (C=N–C) groups is 1. The summed E-state index contributed by atoms with van der Waals surface area (Å²) in [5, 5.41) is 9.28. The third-order valence-corrected chi connectivity index (χ3v) is 4.27. The van der Waals surface area contributed by atoms with Gasteiger partial charge in [-0.05, 0) is 32.0 Å². The maximum atomic E-state index is 12.2. The molecular weight excluding hydrogens is 342 g/mol. The molecule has 1 fully saturated rings. The van der Waals surface area contributed by atoms with Crippen LogP contribution in [0.1, 0.15) is 19.4 Å². The van der Waals surface area contributed by atoms with Gasteiger partial charge in [0.15, 0.2) is 5.96 Å². The van der Waals surface area contributed by atoms with Crippen molar-refractivity contribution in [1.29, 1.82) is 0 Å². The largest absolute Gasteiger partial charge is 0.379 e. The molecule has 1 aromatic rings. The molecule has 0 aliphatic carbocycles. The van der Waals surface area contributed by atoms with E-state index in [0.29, 0.717) is 17.7 Å². The molecule has 0 aromatic heterocycles. The first-order chi connectivity index (χ1) is 13.1. The molecule has 0 spiro atoms. The molecule has 7 nitrogen and oxygen atoms in total. The van der Waals surface area contributed by atoms with Crippen LogP contribution in [0.2, 0.25) is 0 Å². The number of amides is 1. The second kappa shape index (κ2) is 11.2. The number of carbonyl (C=O) groups is 1. The maximum Gasteiger partial charge on any atom is 0.246 e. The Morgan fingerprint density at radius 2 is 2.15 bits per heavy atom. The Bertz CT molecular complexity index is 677. The van der Waals surface area contributed by atoms with E-state index < -0.39 is 0 Å². The molecule has 0 radical (unpaired) electrons. The number of benzene rings is 1. The van der Waals surface area contributed by atoms with E-state index in [-0.39, 0.29) is 12.5 Å². The number of anilines is 1. The van der Waals surface area contributed by atoms with Crippen LogP contribution in [-0.4, -0.2) is 68.7 Å². The van der Waals surface area contributed by atoms with Crippen molar-refractivity contribution >= 4 is 17.6 Å². The summed E-state index contributed by atoms with van der Waals surface area (Å²) >= 11 is 0. The molecule has 7 heteroatoms. The quantitative estimate of drug-likeness (QED) is 0.377. The lowest BCUT2D eigenvalue weighted by molar-refractivity contribution is -0.114. The van der Waals surface area contributed by atoms with E-state index in [1.54, 1.807) is 12.1 Å². The van der Waals surface area contributed by atoms with Crippen molar-refractivity contribution in [3.63, 3.8) is 0 Å². The molecule has 1 unspecified atom stereocenters. The van der Waals surface area contributed by atoms with E-state index in [9.17, 15) is 4.79 Å². The van der Waals surface area contributed by atoms with Crippen LogP contribution in [0.15, 0.2) is 29.3 Å². The summed E-state index contributed by atoms with van der Waals surface area (Å²) in [5.74, 6) is 2.99. The highest BCUT2D eigenvalue weighted by molar-refractivity contribution is 5.94. The molecule has 1 heterocycles. The van der Waals surface area contributed by atoms with Gasteiger partial charge in [-0.15, -0.1) is 6.42 Å². The van der Waals surface area contributed by atoms with E-state index in [4.69, 9.17) is 11.2 Å². The van der Waals surface area contributed by atoms with E-state index in [0.717, 1.165) is 45.0 Å². The van der Waals surface area contributed by atoms with Crippen molar-refractivity contribution in [3.8, 4) is 12.3 Å². The van der Waals surface area contributed by atoms with E-state index in [1.807, 2.05) is 19.1 Å². The van der Waals surface area contributed by atoms with Crippen molar-refractivity contribution < 1.29 is 9.53 Å². The average Bonchev–Trinajstić information content (AvgIpc) is 2.70. The third-order valence-electron chi connectivity index (χ3n) is 4.27. The Hall–Kier alpha value is -2.56. The smallest absolute Gasteiger partial charge is 0.246 e. The van der Waals surface area contributed by atoms with Crippen molar-refractivity contribution in [3.05, 3.63) is 29.8 Å². The predicted molar refractivity (Wildman–Crippen MR) is 109 cm³/mol. The first-order valence-electron chi connectivity index (χ1n) is 9.33. The Labute approximate surface area is 161 Å². The molecule has 1 aliphatic rings. The number of morpholine rings is 1. The number of rotatable bonds is 7. The van der Waals surface area contributed by atoms with Crippen LogP contribution in [0.3, 0.4) is 0 Å². The minimum atomic E-state index is -0.192. The molecule has 0 saturated carbocycles. The fourth-order valence-electron chi connectivity index (χ4n) is 2.77. The highest BCUT2D eigenvalue weighted by Gasteiger charge is 2.17. The number of hydrogen-bond acceptors (Lipinski definition) is 4. The van der Waals surface area contributed by atoms with Gasteiger partial charge in [-0.1, -0.05) is 12.0 Å². The number of nitrogens with one attached hydrogen (secondary N) is 3. The zero-order valence-corrected chi connectivity index (χ0v) is 16.1. The number of hydrogen-bond donors (Lipinski definition) is 3. The molecule has 1 amide bonds. The molecule has 1 aliphatic heterocycles. The first kappa shape index (κ1) is 20.7. The van der Waals surface area contributed by atoms with Gasteiger partial charge in [0.05, 0.1) is 13.2 Å². The van der Waals surface area contributed by atoms with Crippen LogP contribution < -0.4 is 16.0 Å². The molecule has 1 saturated heterocycles. The Balaban J connectivity index is 1.84. The van der Waals surface area contributed by atoms with Crippen molar-refractivity contribution in [2.45, 2.75) is 19.9 Å². The van der Waals surface area contributed by atoms with Crippen molar-refractivity contribution in [2.75, 3.05) is 51.3 Å². The monoisotopic (exact) mass is 371 g/mol. The lowest BCUT2D eigenvalue weighted by Crippen LogP contribution is -2.49. The molecule has 146 valence electrons. The standard InChI is InChI=1S/C20H29N5O2/c1-4-17-7-6-8-18(13-17)24-19(26)15-23-20(21-5-2)22-14-16(3)25-9-11-27-12-10-25/h1,6-8,13,16H,5,9-12,14-15H2,2-3H3,(H,24,26)(H2,21,22,23). The lowest BCUT2D eigenvalue weighted by Gasteiger charge is -2.32. The molecule has 0 bridgehead atoms. The minimum Gasteiger partial charge on any atom is -0.379 e. The van der Waals surface area contributed by atoms with Gasteiger partial charge < -0.3 is 20.7 Å². The van der Waals surface area contributed by atoms with Crippen molar-refractivity contribution in [1.82, 2.24) is 15.5 Å². The van der Waals surface area contributed by atoms with Crippen LogP contribution in [-0.2, 0) is 9.53 Å². The van der Waals surface area contributed by atoms with Crippen molar-refractivity contribution in [2.24, 2.45) is 4.99 Å². The van der Waals surface area contributed by atoms with Crippen LogP contribution in [0, 0.1) is 12.3 Å². The second-order valence-electron chi connectivity index (χ2n) is 6.35. The first-order valence-corrected chi connectivity index (χ1v) is 9.33. The Kier molecular flexibility index (Phi) is 8.62. The van der Waals surface area contributed by atoms with Gasteiger partial charge in [0, 0.05) is 43.5 Å². The Morgan fingerprint density at radius 3 is 2.85 bits per heavy atom. The second-order valence-corrected chi connectivity index (χ2v) is 6.35. The number of carbonyl (C=O) groups excluding carboxylic acids is 1. The minimum absolute atomic E-state index is 0.0293. The van der Waals surface area contributed by atoms with Gasteiger partial charge in [-0.2, -0.15) is 0 Å². The summed E-state index contributed by atoms with van der Waals surface area (Å²) in [6.07, 6.45) is 5.38. The Morgan fingerprint density at radius 1 is 1.37 bits per heavy atom. The normalized spacial score (nSPS) is 16.3. The lowest BCUT2D eigenvalue weighted by atomic mass is 10.2. The highest BCUT2D eigenvalue weighted by Crippen LogP contribution is 2.09. The molecule has 1 atom stereocenters. The van der Waals surface area contributed by atoms with E-state index in [1.165, 1.54) is 0 Å². The zero-order valence-electron chi connectivity index (χ0n) is 16.1. The van der Waals surface area contributed by atoms with Gasteiger partial charge in [0.25, 0.3) is 0 Å².